The predicted octanol–water partition coefficient (Wildman–Crippen LogP) is 4.53. The molecule has 6 heteroatoms. The largest absolute Gasteiger partial charge is 0.159 e. The Labute approximate surface area is 106 Å². The van der Waals surface area contributed by atoms with Crippen molar-refractivity contribution in [3.63, 3.8) is 0 Å². The minimum Gasteiger partial charge on any atom is -0.142 e. The smallest absolute Gasteiger partial charge is 0.142 e. The lowest BCUT2D eigenvalue weighted by molar-refractivity contribution is 0.963. The van der Waals surface area contributed by atoms with Gasteiger partial charge in [0.2, 0.25) is 0 Å². The molecule has 0 N–H and O–H groups in total. The van der Waals surface area contributed by atoms with E-state index in [0.29, 0.717) is 0 Å². The molecule has 0 aromatic carbocycles. The molecular formula is C9H8Cl2N2S2. The third-order valence-electron chi connectivity index (χ3n) is 1.87. The highest BCUT2D eigenvalue weighted by molar-refractivity contribution is 7.21. The molecule has 2 aromatic heterocycles. The van der Waals surface area contributed by atoms with Gasteiger partial charge in [-0.25, -0.2) is 0 Å². The number of aryl methyl sites for hydroxylation is 1. The van der Waals surface area contributed by atoms with Gasteiger partial charge >= 0.3 is 0 Å². The first-order valence-corrected chi connectivity index (χ1v) is 6.82. The van der Waals surface area contributed by atoms with Crippen LogP contribution in [0.25, 0.3) is 9.88 Å². The van der Waals surface area contributed by atoms with E-state index in [0.717, 1.165) is 25.5 Å². The zero-order valence-electron chi connectivity index (χ0n) is 8.12. The Kier molecular flexibility index (Phi) is 3.30. The van der Waals surface area contributed by atoms with Crippen LogP contribution in [-0.4, -0.2) is 10.2 Å². The molecule has 0 aliphatic heterocycles. The molecule has 1 unspecified atom stereocenters. The molecule has 15 heavy (non-hydrogen) atoms. The Hall–Kier alpha value is -0.160. The van der Waals surface area contributed by atoms with E-state index in [-0.39, 0.29) is 5.38 Å². The first kappa shape index (κ1) is 11.3. The number of thiophene rings is 1. The van der Waals surface area contributed by atoms with Crippen molar-refractivity contribution in [2.75, 3.05) is 0 Å². The third kappa shape index (κ3) is 2.18. The summed E-state index contributed by atoms with van der Waals surface area (Å²) in [7, 11) is 0. The summed E-state index contributed by atoms with van der Waals surface area (Å²) >= 11 is 15.2. The van der Waals surface area contributed by atoms with Gasteiger partial charge in [0, 0.05) is 0 Å². The quantitative estimate of drug-likeness (QED) is 0.755. The van der Waals surface area contributed by atoms with E-state index >= 15 is 0 Å². The maximum absolute atomic E-state index is 6.15. The first-order valence-electron chi connectivity index (χ1n) is 4.31. The van der Waals surface area contributed by atoms with Crippen LogP contribution in [0.2, 0.25) is 5.02 Å². The van der Waals surface area contributed by atoms with Crippen LogP contribution >= 0.6 is 45.9 Å². The molecule has 0 aliphatic carbocycles. The van der Waals surface area contributed by atoms with E-state index in [4.69, 9.17) is 23.2 Å². The van der Waals surface area contributed by atoms with Crippen molar-refractivity contribution in [1.82, 2.24) is 10.2 Å². The molecule has 2 heterocycles. The summed E-state index contributed by atoms with van der Waals surface area (Å²) in [6.45, 7) is 3.86. The van der Waals surface area contributed by atoms with Gasteiger partial charge in [-0.15, -0.1) is 33.1 Å². The van der Waals surface area contributed by atoms with Crippen molar-refractivity contribution in [3.05, 3.63) is 21.0 Å². The molecule has 0 radical (unpaired) electrons. The molecular weight excluding hydrogens is 271 g/mol. The number of aromatic nitrogens is 2. The Bertz CT molecular complexity index is 476. The molecule has 0 amide bonds. The van der Waals surface area contributed by atoms with Crippen molar-refractivity contribution in [2.24, 2.45) is 0 Å². The monoisotopic (exact) mass is 278 g/mol. The summed E-state index contributed by atoms with van der Waals surface area (Å²) in [5.74, 6) is 0. The fourth-order valence-corrected chi connectivity index (χ4v) is 3.44. The molecule has 2 rings (SSSR count). The normalized spacial score (nSPS) is 13.1. The van der Waals surface area contributed by atoms with E-state index in [9.17, 15) is 0 Å². The maximum Gasteiger partial charge on any atom is 0.159 e. The second-order valence-electron chi connectivity index (χ2n) is 3.12. The number of nitrogens with zero attached hydrogens (tertiary/aromatic N) is 2. The van der Waals surface area contributed by atoms with Gasteiger partial charge in [-0.3, -0.25) is 0 Å². The number of rotatable bonds is 2. The fraction of sp³-hybridized carbons (Fsp3) is 0.333. The lowest BCUT2D eigenvalue weighted by Crippen LogP contribution is -1.80. The molecule has 2 nitrogen and oxygen atoms in total. The van der Waals surface area contributed by atoms with Crippen LogP contribution in [0.5, 0.6) is 0 Å². The molecule has 0 aliphatic rings. The average Bonchev–Trinajstić information content (AvgIpc) is 2.76. The lowest BCUT2D eigenvalue weighted by Gasteiger charge is -1.92. The van der Waals surface area contributed by atoms with E-state index in [2.05, 4.69) is 10.2 Å². The second-order valence-corrected chi connectivity index (χ2v) is 6.04. The fourth-order valence-electron chi connectivity index (χ4n) is 1.06. The highest BCUT2D eigenvalue weighted by Gasteiger charge is 2.15. The zero-order valence-corrected chi connectivity index (χ0v) is 11.3. The highest BCUT2D eigenvalue weighted by Crippen LogP contribution is 2.39. The van der Waals surface area contributed by atoms with Crippen LogP contribution < -0.4 is 0 Å². The van der Waals surface area contributed by atoms with Crippen LogP contribution in [0.1, 0.15) is 22.9 Å². The predicted molar refractivity (Wildman–Crippen MR) is 67.2 cm³/mol. The van der Waals surface area contributed by atoms with Crippen molar-refractivity contribution in [1.29, 1.82) is 0 Å². The Balaban J connectivity index is 2.41. The second kappa shape index (κ2) is 4.37. The molecule has 0 fully saturated rings. The first-order chi connectivity index (χ1) is 7.09. The zero-order chi connectivity index (χ0) is 11.0. The van der Waals surface area contributed by atoms with E-state index in [1.54, 1.807) is 11.3 Å². The van der Waals surface area contributed by atoms with Crippen molar-refractivity contribution < 1.29 is 0 Å². The molecule has 0 saturated heterocycles. The third-order valence-corrected chi connectivity index (χ3v) is 5.17. The minimum atomic E-state index is -0.101. The van der Waals surface area contributed by atoms with Gasteiger partial charge in [0.25, 0.3) is 0 Å². The van der Waals surface area contributed by atoms with Gasteiger partial charge in [0.05, 0.1) is 15.3 Å². The summed E-state index contributed by atoms with van der Waals surface area (Å²) in [5, 5.41) is 12.5. The standard InChI is InChI=1S/C9H8Cl2N2S2/c1-4-3-14-7(6(4)11)9-13-12-8(15-9)5(2)10/h3,5H,1-2H3. The van der Waals surface area contributed by atoms with Crippen LogP contribution in [0.3, 0.4) is 0 Å². The average molecular weight is 279 g/mol. The summed E-state index contributed by atoms with van der Waals surface area (Å²) in [5.41, 5.74) is 1.08. The van der Waals surface area contributed by atoms with Crippen molar-refractivity contribution >= 4 is 45.9 Å². The summed E-state index contributed by atoms with van der Waals surface area (Å²) < 4.78 is 0. The van der Waals surface area contributed by atoms with Gasteiger partial charge in [-0.2, -0.15) is 0 Å². The SMILES string of the molecule is Cc1csc(-c2nnc(C(C)Cl)s2)c1Cl. The Morgan fingerprint density at radius 3 is 2.60 bits per heavy atom. The number of hydrogen-bond acceptors (Lipinski definition) is 4. The van der Waals surface area contributed by atoms with Crippen molar-refractivity contribution in [3.8, 4) is 9.88 Å². The highest BCUT2D eigenvalue weighted by atomic mass is 35.5. The molecule has 2 aromatic rings. The molecule has 1 atom stereocenters. The van der Waals surface area contributed by atoms with Gasteiger partial charge < -0.3 is 0 Å². The molecule has 0 bridgehead atoms. The molecule has 0 spiro atoms. The van der Waals surface area contributed by atoms with Crippen LogP contribution in [-0.2, 0) is 0 Å². The topological polar surface area (TPSA) is 25.8 Å². The molecule has 80 valence electrons. The minimum absolute atomic E-state index is 0.101. The summed E-state index contributed by atoms with van der Waals surface area (Å²) in [6, 6.07) is 0. The Morgan fingerprint density at radius 1 is 1.40 bits per heavy atom. The number of halogens is 2. The van der Waals surface area contributed by atoms with E-state index in [1.807, 2.05) is 19.2 Å². The maximum atomic E-state index is 6.15. The number of alkyl halides is 1. The van der Waals surface area contributed by atoms with Crippen LogP contribution in [0.4, 0.5) is 0 Å². The van der Waals surface area contributed by atoms with Crippen LogP contribution in [0, 0.1) is 6.92 Å². The molecule has 0 saturated carbocycles. The van der Waals surface area contributed by atoms with Gasteiger partial charge in [-0.05, 0) is 24.8 Å². The lowest BCUT2D eigenvalue weighted by atomic mass is 10.3. The van der Waals surface area contributed by atoms with Crippen LogP contribution in [0.15, 0.2) is 5.38 Å². The Morgan fingerprint density at radius 2 is 2.13 bits per heavy atom. The summed E-state index contributed by atoms with van der Waals surface area (Å²) in [6.07, 6.45) is 0. The van der Waals surface area contributed by atoms with Gasteiger partial charge in [0.1, 0.15) is 5.01 Å². The van der Waals surface area contributed by atoms with Gasteiger partial charge in [-0.1, -0.05) is 22.9 Å². The van der Waals surface area contributed by atoms with E-state index < -0.39 is 0 Å². The van der Waals surface area contributed by atoms with E-state index in [1.165, 1.54) is 11.3 Å². The number of hydrogen-bond donors (Lipinski definition) is 0. The van der Waals surface area contributed by atoms with Crippen molar-refractivity contribution in [2.45, 2.75) is 19.2 Å². The van der Waals surface area contributed by atoms with Gasteiger partial charge in [0.15, 0.2) is 5.01 Å². The summed E-state index contributed by atoms with van der Waals surface area (Å²) in [4.78, 5) is 0.982.